The third-order valence-corrected chi connectivity index (χ3v) is 5.37. The van der Waals surface area contributed by atoms with Gasteiger partial charge in [-0.05, 0) is 79.7 Å². The normalized spacial score (nSPS) is 17.0. The predicted molar refractivity (Wildman–Crippen MR) is 108 cm³/mol. The van der Waals surface area contributed by atoms with Crippen LogP contribution in [-0.2, 0) is 4.79 Å². The maximum absolute atomic E-state index is 12.4. The molecule has 0 unspecified atom stereocenters. The van der Waals surface area contributed by atoms with E-state index in [1.807, 2.05) is 18.2 Å². The van der Waals surface area contributed by atoms with Gasteiger partial charge in [-0.1, -0.05) is 0 Å². The van der Waals surface area contributed by atoms with Crippen molar-refractivity contribution in [2.45, 2.75) is 44.4 Å². The van der Waals surface area contributed by atoms with Gasteiger partial charge >= 0.3 is 0 Å². The van der Waals surface area contributed by atoms with Gasteiger partial charge in [0.15, 0.2) is 5.82 Å². The van der Waals surface area contributed by atoms with Crippen molar-refractivity contribution in [3.05, 3.63) is 24.0 Å². The third kappa shape index (κ3) is 4.80. The zero-order chi connectivity index (χ0) is 18.6. The highest BCUT2D eigenvalue weighted by atomic mass is 35.5. The molecule has 0 spiro atoms. The van der Waals surface area contributed by atoms with Crippen molar-refractivity contribution in [2.24, 2.45) is 5.92 Å². The maximum atomic E-state index is 12.4. The molecule has 2 aromatic rings. The summed E-state index contributed by atoms with van der Waals surface area (Å²) in [4.78, 5) is 12.4. The molecule has 0 bridgehead atoms. The zero-order valence-corrected chi connectivity index (χ0v) is 16.9. The zero-order valence-electron chi connectivity index (χ0n) is 16.1. The van der Waals surface area contributed by atoms with E-state index >= 15 is 0 Å². The summed E-state index contributed by atoms with van der Waals surface area (Å²) in [6.45, 7) is 2.12. The lowest BCUT2D eigenvalue weighted by molar-refractivity contribution is -0.116. The molecule has 1 amide bonds. The Morgan fingerprint density at radius 2 is 2.07 bits per heavy atom. The number of halogens is 1. The van der Waals surface area contributed by atoms with Crippen molar-refractivity contribution in [2.75, 3.05) is 25.5 Å². The van der Waals surface area contributed by atoms with Gasteiger partial charge in [-0.2, -0.15) is 4.68 Å². The molecule has 0 radical (unpaired) electrons. The van der Waals surface area contributed by atoms with Gasteiger partial charge in [0, 0.05) is 18.0 Å². The first-order valence-electron chi connectivity index (χ1n) is 9.72. The van der Waals surface area contributed by atoms with Crippen LogP contribution in [0.4, 0.5) is 5.69 Å². The Labute approximate surface area is 170 Å². The highest BCUT2D eigenvalue weighted by Crippen LogP contribution is 2.40. The molecule has 9 heteroatoms. The minimum absolute atomic E-state index is 0. The number of aromatic nitrogens is 4. The number of ether oxygens (including phenoxy) is 1. The fourth-order valence-electron chi connectivity index (χ4n) is 3.62. The van der Waals surface area contributed by atoms with Crippen LogP contribution in [0.5, 0.6) is 5.75 Å². The summed E-state index contributed by atoms with van der Waals surface area (Å²) in [7, 11) is 1.62. The van der Waals surface area contributed by atoms with Gasteiger partial charge < -0.3 is 15.4 Å². The van der Waals surface area contributed by atoms with Crippen LogP contribution in [0.1, 0.15) is 50.3 Å². The van der Waals surface area contributed by atoms with Crippen LogP contribution >= 0.6 is 12.4 Å². The Bertz CT molecular complexity index is 801. The van der Waals surface area contributed by atoms with Gasteiger partial charge in [0.05, 0.1) is 7.11 Å². The number of benzene rings is 1. The van der Waals surface area contributed by atoms with Crippen LogP contribution < -0.4 is 15.4 Å². The fraction of sp³-hybridized carbons (Fsp3) is 0.579. The number of carbonyl (C=O) groups is 1. The Balaban J connectivity index is 0.00000225. The number of hydrogen-bond acceptors (Lipinski definition) is 6. The third-order valence-electron chi connectivity index (χ3n) is 5.37. The Hall–Kier alpha value is -2.19. The van der Waals surface area contributed by atoms with Crippen molar-refractivity contribution >= 4 is 24.0 Å². The minimum atomic E-state index is 0. The molecule has 1 aromatic carbocycles. The number of nitrogens with zero attached hydrogens (tertiary/aromatic N) is 4. The largest absolute Gasteiger partial charge is 0.494 e. The number of piperidine rings is 1. The molecule has 1 aromatic heterocycles. The number of carbonyl (C=O) groups excluding carboxylic acids is 1. The molecule has 1 aliphatic carbocycles. The van der Waals surface area contributed by atoms with Crippen molar-refractivity contribution in [3.8, 4) is 11.4 Å². The molecule has 2 heterocycles. The molecule has 8 nitrogen and oxygen atoms in total. The molecular formula is C19H27ClN6O2. The summed E-state index contributed by atoms with van der Waals surface area (Å²) in [6, 6.07) is 5.57. The molecule has 2 fully saturated rings. The van der Waals surface area contributed by atoms with E-state index < -0.39 is 0 Å². The van der Waals surface area contributed by atoms with Crippen LogP contribution in [0.15, 0.2) is 18.2 Å². The summed E-state index contributed by atoms with van der Waals surface area (Å²) >= 11 is 0. The minimum Gasteiger partial charge on any atom is -0.494 e. The average molecular weight is 407 g/mol. The van der Waals surface area contributed by atoms with E-state index in [1.54, 1.807) is 11.8 Å². The van der Waals surface area contributed by atoms with Crippen LogP contribution in [0, 0.1) is 5.92 Å². The lowest BCUT2D eigenvalue weighted by Gasteiger charge is -2.22. The van der Waals surface area contributed by atoms with Crippen LogP contribution in [0.2, 0.25) is 0 Å². The quantitative estimate of drug-likeness (QED) is 0.734. The van der Waals surface area contributed by atoms with E-state index in [2.05, 4.69) is 26.2 Å². The molecular weight excluding hydrogens is 380 g/mol. The SMILES string of the molecule is COc1ccc(NC(=O)CCC2CCNCC2)cc1-n1nnnc1C1CC1.Cl. The van der Waals surface area contributed by atoms with Gasteiger partial charge in [0.25, 0.3) is 0 Å². The molecule has 1 aliphatic heterocycles. The van der Waals surface area contributed by atoms with Crippen molar-refractivity contribution < 1.29 is 9.53 Å². The maximum Gasteiger partial charge on any atom is 0.224 e. The fourth-order valence-corrected chi connectivity index (χ4v) is 3.62. The molecule has 0 atom stereocenters. The van der Waals surface area contributed by atoms with Crippen LogP contribution in [0.25, 0.3) is 5.69 Å². The number of hydrogen-bond donors (Lipinski definition) is 2. The lowest BCUT2D eigenvalue weighted by atomic mass is 9.93. The molecule has 1 saturated carbocycles. The van der Waals surface area contributed by atoms with E-state index in [4.69, 9.17) is 4.74 Å². The number of rotatable bonds is 7. The van der Waals surface area contributed by atoms with Gasteiger partial charge in [0.1, 0.15) is 11.4 Å². The standard InChI is InChI=1S/C19H26N6O2.ClH/c1-27-17-6-5-15(21-18(26)7-2-13-8-10-20-11-9-13)12-16(17)25-19(14-3-4-14)22-23-24-25;/h5-6,12-14,20H,2-4,7-11H2,1H3,(H,21,26);1H. The van der Waals surface area contributed by atoms with Gasteiger partial charge in [0.2, 0.25) is 5.91 Å². The first kappa shape index (κ1) is 20.5. The highest BCUT2D eigenvalue weighted by Gasteiger charge is 2.30. The predicted octanol–water partition coefficient (Wildman–Crippen LogP) is 2.69. The second-order valence-corrected chi connectivity index (χ2v) is 7.39. The smallest absolute Gasteiger partial charge is 0.224 e. The summed E-state index contributed by atoms with van der Waals surface area (Å²) in [6.07, 6.45) is 6.01. The Kier molecular flexibility index (Phi) is 6.85. The number of methoxy groups -OCH3 is 1. The molecule has 1 saturated heterocycles. The number of tetrazole rings is 1. The number of nitrogens with one attached hydrogen (secondary N) is 2. The second-order valence-electron chi connectivity index (χ2n) is 7.39. The van der Waals surface area contributed by atoms with Gasteiger partial charge in [-0.3, -0.25) is 4.79 Å². The monoisotopic (exact) mass is 406 g/mol. The van der Waals surface area contributed by atoms with Gasteiger partial charge in [-0.25, -0.2) is 0 Å². The Morgan fingerprint density at radius 3 is 2.79 bits per heavy atom. The summed E-state index contributed by atoms with van der Waals surface area (Å²) in [5.74, 6) is 2.63. The topological polar surface area (TPSA) is 94.0 Å². The van der Waals surface area contributed by atoms with Crippen LogP contribution in [-0.4, -0.2) is 46.3 Å². The summed E-state index contributed by atoms with van der Waals surface area (Å²) < 4.78 is 7.20. The van der Waals surface area contributed by atoms with E-state index in [1.165, 1.54) is 0 Å². The van der Waals surface area contributed by atoms with E-state index in [-0.39, 0.29) is 18.3 Å². The second kappa shape index (κ2) is 9.34. The van der Waals surface area contributed by atoms with Crippen molar-refractivity contribution in [1.82, 2.24) is 25.5 Å². The van der Waals surface area contributed by atoms with Crippen molar-refractivity contribution in [3.63, 3.8) is 0 Å². The molecule has 4 rings (SSSR count). The number of anilines is 1. The average Bonchev–Trinajstić information content (AvgIpc) is 3.43. The van der Waals surface area contributed by atoms with Gasteiger partial charge in [-0.15, -0.1) is 17.5 Å². The Morgan fingerprint density at radius 1 is 1.29 bits per heavy atom. The summed E-state index contributed by atoms with van der Waals surface area (Å²) in [5.41, 5.74) is 1.49. The van der Waals surface area contributed by atoms with E-state index in [0.717, 1.165) is 62.4 Å². The van der Waals surface area contributed by atoms with E-state index in [9.17, 15) is 4.79 Å². The summed E-state index contributed by atoms with van der Waals surface area (Å²) in [5, 5.41) is 18.5. The number of amides is 1. The molecule has 2 aliphatic rings. The first-order chi connectivity index (χ1) is 13.2. The first-order valence-corrected chi connectivity index (χ1v) is 9.72. The highest BCUT2D eigenvalue weighted by molar-refractivity contribution is 5.91. The lowest BCUT2D eigenvalue weighted by Crippen LogP contribution is -2.28. The van der Waals surface area contributed by atoms with Crippen molar-refractivity contribution in [1.29, 1.82) is 0 Å². The molecule has 2 N–H and O–H groups in total. The van der Waals surface area contributed by atoms with E-state index in [0.29, 0.717) is 24.0 Å². The van der Waals surface area contributed by atoms with Crippen LogP contribution in [0.3, 0.4) is 0 Å². The molecule has 152 valence electrons. The molecule has 28 heavy (non-hydrogen) atoms.